The third-order valence-corrected chi connectivity index (χ3v) is 7.07. The highest BCUT2D eigenvalue weighted by molar-refractivity contribution is 6.05. The molecule has 3 aromatic carbocycles. The first-order valence-electron chi connectivity index (χ1n) is 13.0. The van der Waals surface area contributed by atoms with Gasteiger partial charge in [0, 0.05) is 29.6 Å². The van der Waals surface area contributed by atoms with Crippen molar-refractivity contribution in [1.82, 2.24) is 15.1 Å². The van der Waals surface area contributed by atoms with Crippen molar-refractivity contribution in [3.05, 3.63) is 113 Å². The maximum atomic E-state index is 14.1. The lowest BCUT2D eigenvalue weighted by atomic mass is 9.80. The Labute approximate surface area is 245 Å². The number of carbonyl (C=O) groups is 2. The molecule has 7 nitrogen and oxygen atoms in total. The van der Waals surface area contributed by atoms with Crippen LogP contribution in [0.5, 0.6) is 0 Å². The fourth-order valence-electron chi connectivity index (χ4n) is 5.20. The van der Waals surface area contributed by atoms with Crippen molar-refractivity contribution in [2.75, 3.05) is 11.4 Å². The third kappa shape index (κ3) is 5.62. The first kappa shape index (κ1) is 30.7. The highest BCUT2D eigenvalue weighted by Crippen LogP contribution is 2.45. The maximum absolute atomic E-state index is 14.1. The van der Waals surface area contributed by atoms with Gasteiger partial charge in [0.05, 0.1) is 16.9 Å². The van der Waals surface area contributed by atoms with E-state index in [9.17, 15) is 27.2 Å². The van der Waals surface area contributed by atoms with Gasteiger partial charge in [-0.2, -0.15) is 18.3 Å². The molecule has 2 heterocycles. The topological polar surface area (TPSA) is 93.2 Å². The number of hydrogen-bond donors (Lipinski definition) is 2. The summed E-state index contributed by atoms with van der Waals surface area (Å²) >= 11 is 0. The first-order chi connectivity index (χ1) is 19.5. The number of hydrogen-bond acceptors (Lipinski definition) is 4. The number of likely N-dealkylation sites (N-methyl/N-ethyl adjacent to an activating group) is 1. The second-order valence-electron chi connectivity index (χ2n) is 9.80. The summed E-state index contributed by atoms with van der Waals surface area (Å²) in [7, 11) is 0. The molecule has 0 fully saturated rings. The molecule has 1 aromatic heterocycles. The minimum Gasteiger partial charge on any atom is -0.339 e. The predicted molar refractivity (Wildman–Crippen MR) is 152 cm³/mol. The van der Waals surface area contributed by atoms with E-state index in [1.165, 1.54) is 35.2 Å². The lowest BCUT2D eigenvalue weighted by Crippen LogP contribution is -2.55. The number of anilines is 1. The van der Waals surface area contributed by atoms with Crippen LogP contribution < -0.4 is 16.0 Å². The van der Waals surface area contributed by atoms with Gasteiger partial charge in [-0.15, -0.1) is 12.4 Å². The van der Waals surface area contributed by atoms with Gasteiger partial charge in [-0.25, -0.2) is 9.07 Å². The van der Waals surface area contributed by atoms with Gasteiger partial charge in [0.2, 0.25) is 0 Å². The number of rotatable bonds is 6. The van der Waals surface area contributed by atoms with Crippen LogP contribution in [0.15, 0.2) is 78.9 Å². The normalized spacial score (nSPS) is 17.3. The Morgan fingerprint density at radius 2 is 1.71 bits per heavy atom. The Hall–Kier alpha value is -4.22. The molecule has 12 heteroatoms. The molecule has 0 spiro atoms. The van der Waals surface area contributed by atoms with Crippen molar-refractivity contribution < 1.29 is 27.2 Å². The van der Waals surface area contributed by atoms with E-state index in [0.29, 0.717) is 28.3 Å². The molecule has 220 valence electrons. The standard InChI is InChI=1S/C30H27F4N5O2.ClH/c1-3-38-28-24(25(17(2)35)37-39(28)22-10-5-4-6-11-22)23(18-12-14-21(31)15-13-18)26(29(38)41)36-27(40)19-8-7-9-20(16-19)30(32,33)34;/h4-17,23,26H,3,35H2,1-2H3,(H,36,40);1H/t17-,23+,26+;/m1./s1. The number of halogens is 5. The number of nitrogens with zero attached hydrogens (tertiary/aromatic N) is 3. The van der Waals surface area contributed by atoms with E-state index in [2.05, 4.69) is 5.32 Å². The Morgan fingerprint density at radius 3 is 2.31 bits per heavy atom. The lowest BCUT2D eigenvalue weighted by molar-refractivity contribution is -0.137. The van der Waals surface area contributed by atoms with Crippen molar-refractivity contribution in [3.8, 4) is 5.69 Å². The quantitative estimate of drug-likeness (QED) is 0.275. The first-order valence-corrected chi connectivity index (χ1v) is 13.0. The van der Waals surface area contributed by atoms with Crippen molar-refractivity contribution in [3.63, 3.8) is 0 Å². The Morgan fingerprint density at radius 1 is 1.05 bits per heavy atom. The van der Waals surface area contributed by atoms with Crippen LogP contribution in [0.25, 0.3) is 5.69 Å². The Balaban J connectivity index is 0.00000405. The van der Waals surface area contributed by atoms with Crippen LogP contribution in [0.2, 0.25) is 0 Å². The summed E-state index contributed by atoms with van der Waals surface area (Å²) in [6.45, 7) is 3.71. The lowest BCUT2D eigenvalue weighted by Gasteiger charge is -2.38. The molecule has 1 aliphatic heterocycles. The zero-order valence-electron chi connectivity index (χ0n) is 22.6. The largest absolute Gasteiger partial charge is 0.416 e. The summed E-state index contributed by atoms with van der Waals surface area (Å²) in [4.78, 5) is 28.9. The minimum atomic E-state index is -4.65. The SMILES string of the molecule is CCN1C(=O)[C@@H](NC(=O)c2cccc(C(F)(F)F)c2)[C@@H](c2ccc(F)cc2)c2c([C@@H](C)N)nn(-c3ccccc3)c21.Cl. The maximum Gasteiger partial charge on any atom is 0.416 e. The molecule has 2 amide bonds. The highest BCUT2D eigenvalue weighted by atomic mass is 35.5. The van der Waals surface area contributed by atoms with Crippen molar-refractivity contribution in [2.24, 2.45) is 5.73 Å². The predicted octanol–water partition coefficient (Wildman–Crippen LogP) is 5.77. The molecule has 4 aromatic rings. The number of nitrogens with one attached hydrogen (secondary N) is 1. The van der Waals surface area contributed by atoms with Crippen LogP contribution in [-0.2, 0) is 11.0 Å². The monoisotopic (exact) mass is 601 g/mol. The molecule has 0 radical (unpaired) electrons. The van der Waals surface area contributed by atoms with Crippen LogP contribution >= 0.6 is 12.4 Å². The number of benzene rings is 3. The fourth-order valence-corrected chi connectivity index (χ4v) is 5.20. The number of nitrogens with two attached hydrogens (primary N) is 1. The molecule has 42 heavy (non-hydrogen) atoms. The third-order valence-electron chi connectivity index (χ3n) is 7.07. The summed E-state index contributed by atoms with van der Waals surface area (Å²) in [5.41, 5.74) is 7.32. The second-order valence-corrected chi connectivity index (χ2v) is 9.80. The van der Waals surface area contributed by atoms with Crippen molar-refractivity contribution in [1.29, 1.82) is 0 Å². The van der Waals surface area contributed by atoms with Gasteiger partial charge >= 0.3 is 6.18 Å². The second kappa shape index (κ2) is 11.9. The van der Waals surface area contributed by atoms with Gasteiger partial charge in [-0.1, -0.05) is 36.4 Å². The van der Waals surface area contributed by atoms with Gasteiger partial charge in [0.25, 0.3) is 11.8 Å². The minimum absolute atomic E-state index is 0. The van der Waals surface area contributed by atoms with Crippen LogP contribution in [0.3, 0.4) is 0 Å². The number of amides is 2. The van der Waals surface area contributed by atoms with E-state index >= 15 is 0 Å². The van der Waals surface area contributed by atoms with E-state index in [4.69, 9.17) is 10.8 Å². The molecule has 1 aliphatic rings. The van der Waals surface area contributed by atoms with E-state index in [1.807, 2.05) is 30.3 Å². The van der Waals surface area contributed by atoms with Gasteiger partial charge in [-0.05, 0) is 61.9 Å². The van der Waals surface area contributed by atoms with Gasteiger partial charge < -0.3 is 11.1 Å². The van der Waals surface area contributed by atoms with Crippen molar-refractivity contribution in [2.45, 2.75) is 38.0 Å². The molecule has 0 saturated heterocycles. The molecule has 5 rings (SSSR count). The molecule has 0 unspecified atom stereocenters. The molecule has 3 atom stereocenters. The summed E-state index contributed by atoms with van der Waals surface area (Å²) < 4.78 is 55.6. The highest BCUT2D eigenvalue weighted by Gasteiger charge is 2.46. The van der Waals surface area contributed by atoms with Crippen molar-refractivity contribution >= 4 is 30.0 Å². The molecule has 0 aliphatic carbocycles. The van der Waals surface area contributed by atoms with E-state index in [1.54, 1.807) is 18.5 Å². The smallest absolute Gasteiger partial charge is 0.339 e. The summed E-state index contributed by atoms with van der Waals surface area (Å²) in [5.74, 6) is -2.27. The molecule has 0 bridgehead atoms. The number of fused-ring (bicyclic) bond motifs is 1. The molecule has 3 N–H and O–H groups in total. The fraction of sp³-hybridized carbons (Fsp3) is 0.233. The molecular formula is C30H28ClF4N5O2. The van der Waals surface area contributed by atoms with E-state index < -0.39 is 47.4 Å². The number of aromatic nitrogens is 2. The Kier molecular flexibility index (Phi) is 8.74. The van der Waals surface area contributed by atoms with Gasteiger partial charge in [-0.3, -0.25) is 14.5 Å². The summed E-state index contributed by atoms with van der Waals surface area (Å²) in [6.07, 6.45) is -4.65. The van der Waals surface area contributed by atoms with Gasteiger partial charge in [0.1, 0.15) is 17.7 Å². The van der Waals surface area contributed by atoms with E-state index in [0.717, 1.165) is 18.2 Å². The molecular weight excluding hydrogens is 574 g/mol. The summed E-state index contributed by atoms with van der Waals surface area (Å²) in [6, 6.07) is 16.8. The average Bonchev–Trinajstić information content (AvgIpc) is 3.34. The Bertz CT molecular complexity index is 1590. The van der Waals surface area contributed by atoms with Gasteiger partial charge in [0.15, 0.2) is 0 Å². The van der Waals surface area contributed by atoms with Crippen LogP contribution in [0.1, 0.15) is 58.5 Å². The van der Waals surface area contributed by atoms with E-state index in [-0.39, 0.29) is 24.5 Å². The zero-order chi connectivity index (χ0) is 29.5. The number of alkyl halides is 3. The number of para-hydroxylation sites is 1. The number of carbonyl (C=O) groups excluding carboxylic acids is 2. The zero-order valence-corrected chi connectivity index (χ0v) is 23.4. The van der Waals surface area contributed by atoms with Crippen LogP contribution in [0, 0.1) is 5.82 Å². The summed E-state index contributed by atoms with van der Waals surface area (Å²) in [5, 5.41) is 7.46. The van der Waals surface area contributed by atoms with Crippen LogP contribution in [-0.4, -0.2) is 34.2 Å². The average molecular weight is 602 g/mol. The van der Waals surface area contributed by atoms with Crippen LogP contribution in [0.4, 0.5) is 23.4 Å². The molecule has 0 saturated carbocycles.